The maximum atomic E-state index is 14.1. The van der Waals surface area contributed by atoms with Crippen molar-refractivity contribution < 1.29 is 22.7 Å². The molecule has 8 nitrogen and oxygen atoms in total. The molecule has 0 saturated carbocycles. The van der Waals surface area contributed by atoms with Gasteiger partial charge in [0.2, 0.25) is 0 Å². The number of aryl methyl sites for hydroxylation is 2. The van der Waals surface area contributed by atoms with Crippen LogP contribution in [0.4, 0.5) is 8.78 Å². The lowest BCUT2D eigenvalue weighted by Gasteiger charge is -2.32. The molecule has 29 heavy (non-hydrogen) atoms. The Labute approximate surface area is 165 Å². The quantitative estimate of drug-likeness (QED) is 0.676. The van der Waals surface area contributed by atoms with Gasteiger partial charge < -0.3 is 19.8 Å². The number of piperidine rings is 1. The van der Waals surface area contributed by atoms with E-state index in [1.807, 2.05) is 0 Å². The van der Waals surface area contributed by atoms with Crippen molar-refractivity contribution in [2.75, 3.05) is 13.1 Å². The standard InChI is InChI=1S/C19H21F2N5O3/c1-11-17(18(27)23-16-5-6-22-10-19(16,20)21)14-7-13(3-4-15(14)29-11)28-9-12-8-26(2)25-24-12/h3-4,7-8,16,22H,5-6,9-10H2,1-2H3,(H,23,27). The van der Waals surface area contributed by atoms with E-state index < -0.39 is 24.4 Å². The third-order valence-electron chi connectivity index (χ3n) is 4.88. The number of carbonyl (C=O) groups is 1. The fourth-order valence-electron chi connectivity index (χ4n) is 3.43. The van der Waals surface area contributed by atoms with Crippen molar-refractivity contribution in [3.05, 3.63) is 41.4 Å². The maximum Gasteiger partial charge on any atom is 0.280 e. The second-order valence-electron chi connectivity index (χ2n) is 7.12. The van der Waals surface area contributed by atoms with Crippen molar-refractivity contribution in [3.63, 3.8) is 0 Å². The van der Waals surface area contributed by atoms with E-state index in [2.05, 4.69) is 20.9 Å². The Kier molecular flexibility index (Phi) is 4.95. The summed E-state index contributed by atoms with van der Waals surface area (Å²) in [7, 11) is 1.76. The zero-order valence-electron chi connectivity index (χ0n) is 16.0. The Morgan fingerprint density at radius 1 is 1.48 bits per heavy atom. The third kappa shape index (κ3) is 3.93. The number of rotatable bonds is 5. The summed E-state index contributed by atoms with van der Waals surface area (Å²) < 4.78 is 41.1. The van der Waals surface area contributed by atoms with Crippen molar-refractivity contribution in [2.45, 2.75) is 31.9 Å². The van der Waals surface area contributed by atoms with Crippen LogP contribution in [-0.4, -0.2) is 46.0 Å². The first kappa shape index (κ1) is 19.3. The number of nitrogens with one attached hydrogen (secondary N) is 2. The molecule has 0 bridgehead atoms. The van der Waals surface area contributed by atoms with Gasteiger partial charge in [-0.25, -0.2) is 8.78 Å². The van der Waals surface area contributed by atoms with Crippen LogP contribution in [0.25, 0.3) is 11.0 Å². The van der Waals surface area contributed by atoms with Crippen LogP contribution in [-0.2, 0) is 13.7 Å². The molecule has 1 saturated heterocycles. The number of furan rings is 1. The first-order valence-corrected chi connectivity index (χ1v) is 9.24. The Balaban J connectivity index is 1.56. The van der Waals surface area contributed by atoms with E-state index in [1.54, 1.807) is 43.0 Å². The van der Waals surface area contributed by atoms with Gasteiger partial charge in [0, 0.05) is 12.4 Å². The minimum atomic E-state index is -3.01. The number of alkyl halides is 2. The van der Waals surface area contributed by atoms with E-state index >= 15 is 0 Å². The van der Waals surface area contributed by atoms with E-state index in [-0.39, 0.29) is 18.6 Å². The van der Waals surface area contributed by atoms with Gasteiger partial charge in [-0.2, -0.15) is 0 Å². The maximum absolute atomic E-state index is 14.1. The zero-order valence-corrected chi connectivity index (χ0v) is 16.0. The Morgan fingerprint density at radius 3 is 3.03 bits per heavy atom. The highest BCUT2D eigenvalue weighted by Gasteiger charge is 2.42. The molecule has 0 aliphatic carbocycles. The summed E-state index contributed by atoms with van der Waals surface area (Å²) >= 11 is 0. The zero-order chi connectivity index (χ0) is 20.6. The predicted molar refractivity (Wildman–Crippen MR) is 100.0 cm³/mol. The van der Waals surface area contributed by atoms with Crippen LogP contribution in [0, 0.1) is 6.92 Å². The molecule has 2 aromatic heterocycles. The molecule has 3 heterocycles. The van der Waals surface area contributed by atoms with Crippen LogP contribution in [0.15, 0.2) is 28.8 Å². The van der Waals surface area contributed by atoms with Crippen LogP contribution in [0.1, 0.15) is 28.2 Å². The highest BCUT2D eigenvalue weighted by molar-refractivity contribution is 6.07. The Morgan fingerprint density at radius 2 is 2.31 bits per heavy atom. The second-order valence-corrected chi connectivity index (χ2v) is 7.12. The first-order chi connectivity index (χ1) is 13.8. The van der Waals surface area contributed by atoms with Crippen molar-refractivity contribution >= 4 is 16.9 Å². The SMILES string of the molecule is Cc1oc2ccc(OCc3cn(C)nn3)cc2c1C(=O)NC1CCNCC1(F)F. The van der Waals surface area contributed by atoms with Crippen molar-refractivity contribution in [1.29, 1.82) is 0 Å². The molecular formula is C19H21F2N5O3. The Hall–Kier alpha value is -3.01. The number of hydrogen-bond donors (Lipinski definition) is 2. The molecule has 0 spiro atoms. The smallest absolute Gasteiger partial charge is 0.280 e. The van der Waals surface area contributed by atoms with Crippen molar-refractivity contribution in [1.82, 2.24) is 25.6 Å². The molecule has 1 fully saturated rings. The highest BCUT2D eigenvalue weighted by Crippen LogP contribution is 2.30. The molecule has 4 rings (SSSR count). The van der Waals surface area contributed by atoms with Gasteiger partial charge in [0.05, 0.1) is 24.3 Å². The summed E-state index contributed by atoms with van der Waals surface area (Å²) in [4.78, 5) is 12.8. The lowest BCUT2D eigenvalue weighted by molar-refractivity contribution is -0.0487. The van der Waals surface area contributed by atoms with E-state index in [9.17, 15) is 13.6 Å². The van der Waals surface area contributed by atoms with Gasteiger partial charge in [0.25, 0.3) is 11.8 Å². The Bertz CT molecular complexity index is 1050. The lowest BCUT2D eigenvalue weighted by atomic mass is 10.0. The number of amides is 1. The number of ether oxygens (including phenoxy) is 1. The summed E-state index contributed by atoms with van der Waals surface area (Å²) in [5.74, 6) is -2.73. The van der Waals surface area contributed by atoms with Crippen molar-refractivity contribution in [2.24, 2.45) is 7.05 Å². The molecule has 1 atom stereocenters. The summed E-state index contributed by atoms with van der Waals surface area (Å²) in [6.07, 6.45) is 1.89. The molecule has 0 radical (unpaired) electrons. The number of benzene rings is 1. The van der Waals surface area contributed by atoms with E-state index in [1.165, 1.54) is 0 Å². The summed E-state index contributed by atoms with van der Waals surface area (Å²) in [6.45, 7) is 1.81. The van der Waals surface area contributed by atoms with Crippen molar-refractivity contribution in [3.8, 4) is 5.75 Å². The summed E-state index contributed by atoms with van der Waals surface area (Å²) in [6, 6.07) is 3.84. The predicted octanol–water partition coefficient (Wildman–Crippen LogP) is 2.18. The monoisotopic (exact) mass is 405 g/mol. The molecular weight excluding hydrogens is 384 g/mol. The summed E-state index contributed by atoms with van der Waals surface area (Å²) in [5.41, 5.74) is 1.37. The van der Waals surface area contributed by atoms with Gasteiger partial charge in [-0.05, 0) is 38.1 Å². The molecule has 1 unspecified atom stereocenters. The largest absolute Gasteiger partial charge is 0.487 e. The fourth-order valence-corrected chi connectivity index (χ4v) is 3.43. The van der Waals surface area contributed by atoms with Gasteiger partial charge in [-0.15, -0.1) is 5.10 Å². The number of carbonyl (C=O) groups excluding carboxylic acids is 1. The molecule has 1 aliphatic heterocycles. The first-order valence-electron chi connectivity index (χ1n) is 9.24. The van der Waals surface area contributed by atoms with Crippen LogP contribution in [0.2, 0.25) is 0 Å². The number of nitrogens with zero attached hydrogens (tertiary/aromatic N) is 3. The van der Waals surface area contributed by atoms with Gasteiger partial charge in [0.1, 0.15) is 29.4 Å². The van der Waals surface area contributed by atoms with E-state index in [0.717, 1.165) is 0 Å². The second kappa shape index (κ2) is 7.43. The van der Waals surface area contributed by atoms with Gasteiger partial charge in [0.15, 0.2) is 0 Å². The highest BCUT2D eigenvalue weighted by atomic mass is 19.3. The average Bonchev–Trinajstić information content (AvgIpc) is 3.23. The fraction of sp³-hybridized carbons (Fsp3) is 0.421. The van der Waals surface area contributed by atoms with Gasteiger partial charge in [-0.3, -0.25) is 9.48 Å². The number of fused-ring (bicyclic) bond motifs is 1. The molecule has 1 amide bonds. The normalized spacial score (nSPS) is 18.7. The van der Waals surface area contributed by atoms with Crippen LogP contribution in [0.5, 0.6) is 5.75 Å². The topological polar surface area (TPSA) is 94.2 Å². The molecule has 3 aromatic rings. The summed E-state index contributed by atoms with van der Waals surface area (Å²) in [5, 5.41) is 13.4. The van der Waals surface area contributed by atoms with Gasteiger partial charge >= 0.3 is 0 Å². The number of aromatic nitrogens is 3. The molecule has 2 N–H and O–H groups in total. The molecule has 1 aliphatic rings. The van der Waals surface area contributed by atoms with E-state index in [4.69, 9.17) is 9.15 Å². The minimum Gasteiger partial charge on any atom is -0.487 e. The third-order valence-corrected chi connectivity index (χ3v) is 4.88. The van der Waals surface area contributed by atoms with Crippen LogP contribution in [0.3, 0.4) is 0 Å². The molecule has 154 valence electrons. The lowest BCUT2D eigenvalue weighted by Crippen LogP contribution is -2.57. The minimum absolute atomic E-state index is 0.153. The van der Waals surface area contributed by atoms with Crippen LogP contribution < -0.4 is 15.4 Å². The number of hydrogen-bond acceptors (Lipinski definition) is 6. The number of halogens is 2. The van der Waals surface area contributed by atoms with E-state index in [0.29, 0.717) is 34.7 Å². The molecule has 1 aromatic carbocycles. The van der Waals surface area contributed by atoms with Gasteiger partial charge in [-0.1, -0.05) is 5.21 Å². The van der Waals surface area contributed by atoms with Crippen LogP contribution >= 0.6 is 0 Å². The molecule has 10 heteroatoms. The average molecular weight is 405 g/mol.